The number of nitrogens with zero attached hydrogens (tertiary/aromatic N) is 1. The Morgan fingerprint density at radius 1 is 1.59 bits per heavy atom. The highest BCUT2D eigenvalue weighted by Crippen LogP contribution is 2.27. The third kappa shape index (κ3) is 3.70. The first-order chi connectivity index (χ1) is 7.99. The van der Waals surface area contributed by atoms with Crippen molar-refractivity contribution in [3.05, 3.63) is 27.5 Å². The van der Waals surface area contributed by atoms with Crippen molar-refractivity contribution in [1.82, 2.24) is 4.98 Å². The third-order valence-corrected chi connectivity index (χ3v) is 3.32. The lowest BCUT2D eigenvalue weighted by Gasteiger charge is -2.10. The zero-order valence-corrected chi connectivity index (χ0v) is 12.0. The van der Waals surface area contributed by atoms with E-state index in [4.69, 9.17) is 0 Å². The number of hydrogen-bond acceptors (Lipinski definition) is 3. The van der Waals surface area contributed by atoms with Crippen molar-refractivity contribution in [2.75, 3.05) is 7.11 Å². The summed E-state index contributed by atoms with van der Waals surface area (Å²) in [5.41, 5.74) is 0.783. The number of aromatic nitrogens is 1. The summed E-state index contributed by atoms with van der Waals surface area (Å²) in [6.07, 6.45) is -2.73. The van der Waals surface area contributed by atoms with E-state index in [9.17, 15) is 13.6 Å². The van der Waals surface area contributed by atoms with Crippen molar-refractivity contribution >= 4 is 37.8 Å². The van der Waals surface area contributed by atoms with Crippen molar-refractivity contribution in [2.45, 2.75) is 18.2 Å². The number of pyridine rings is 1. The molecule has 17 heavy (non-hydrogen) atoms. The molecule has 3 nitrogen and oxygen atoms in total. The van der Waals surface area contributed by atoms with Crippen LogP contribution in [0.2, 0.25) is 0 Å². The summed E-state index contributed by atoms with van der Waals surface area (Å²) in [7, 11) is 1.25. The molecule has 0 saturated carbocycles. The number of ether oxygens (including phenoxy) is 1. The monoisotopic (exact) mass is 371 g/mol. The van der Waals surface area contributed by atoms with Gasteiger partial charge in [-0.2, -0.15) is 0 Å². The average Bonchev–Trinajstić information content (AvgIpc) is 2.28. The highest BCUT2D eigenvalue weighted by atomic mass is 79.9. The lowest BCUT2D eigenvalue weighted by molar-refractivity contribution is -0.139. The van der Waals surface area contributed by atoms with Crippen LogP contribution in [0.1, 0.15) is 23.2 Å². The van der Waals surface area contributed by atoms with Crippen molar-refractivity contribution in [1.29, 1.82) is 0 Å². The third-order valence-electron chi connectivity index (χ3n) is 2.11. The van der Waals surface area contributed by atoms with Crippen LogP contribution in [0.4, 0.5) is 8.78 Å². The van der Waals surface area contributed by atoms with Crippen molar-refractivity contribution in [3.63, 3.8) is 0 Å². The second-order valence-electron chi connectivity index (χ2n) is 3.16. The fourth-order valence-corrected chi connectivity index (χ4v) is 2.85. The summed E-state index contributed by atoms with van der Waals surface area (Å²) < 4.78 is 30.0. The number of methoxy groups -OCH3 is 1. The van der Waals surface area contributed by atoms with Gasteiger partial charge in [-0.15, -0.1) is 0 Å². The number of esters is 1. The van der Waals surface area contributed by atoms with E-state index in [0.29, 0.717) is 21.1 Å². The van der Waals surface area contributed by atoms with E-state index in [1.165, 1.54) is 13.2 Å². The lowest BCUT2D eigenvalue weighted by Crippen LogP contribution is -2.09. The van der Waals surface area contributed by atoms with Gasteiger partial charge < -0.3 is 4.74 Å². The molecule has 0 unspecified atom stereocenters. The minimum absolute atomic E-state index is 0.0573. The Morgan fingerprint density at radius 2 is 2.24 bits per heavy atom. The molecule has 0 aliphatic rings. The highest BCUT2D eigenvalue weighted by Gasteiger charge is 2.17. The summed E-state index contributed by atoms with van der Waals surface area (Å²) in [6, 6.07) is 1.23. The van der Waals surface area contributed by atoms with E-state index in [-0.39, 0.29) is 12.1 Å². The molecule has 1 aromatic rings. The summed E-state index contributed by atoms with van der Waals surface area (Å²) in [5, 5.41) is 0.413. The van der Waals surface area contributed by atoms with Gasteiger partial charge in [-0.05, 0) is 33.1 Å². The van der Waals surface area contributed by atoms with Crippen LogP contribution in [-0.2, 0) is 21.3 Å². The lowest BCUT2D eigenvalue weighted by atomic mass is 10.1. The van der Waals surface area contributed by atoms with Crippen molar-refractivity contribution in [3.8, 4) is 0 Å². The zero-order valence-electron chi connectivity index (χ0n) is 8.84. The first-order valence-electron chi connectivity index (χ1n) is 4.58. The summed E-state index contributed by atoms with van der Waals surface area (Å²) in [4.78, 5) is 14.9. The number of alkyl halides is 3. The average molecular weight is 373 g/mol. The van der Waals surface area contributed by atoms with Crippen LogP contribution in [0.15, 0.2) is 10.7 Å². The molecule has 7 heteroatoms. The number of carbonyl (C=O) groups is 1. The minimum atomic E-state index is -2.67. The van der Waals surface area contributed by atoms with E-state index >= 15 is 0 Å². The maximum atomic E-state index is 12.6. The van der Waals surface area contributed by atoms with E-state index in [1.807, 2.05) is 0 Å². The molecule has 0 amide bonds. The largest absolute Gasteiger partial charge is 0.469 e. The maximum absolute atomic E-state index is 12.6. The Labute approximate surface area is 114 Å². The molecule has 0 aromatic carbocycles. The highest BCUT2D eigenvalue weighted by molar-refractivity contribution is 9.10. The van der Waals surface area contributed by atoms with E-state index in [1.54, 1.807) is 0 Å². The Balaban J connectivity index is 3.19. The second kappa shape index (κ2) is 6.39. The Hall–Kier alpha value is -0.560. The molecule has 0 bridgehead atoms. The molecule has 0 atom stereocenters. The molecule has 1 heterocycles. The number of carbonyl (C=O) groups excluding carboxylic acids is 1. The molecule has 0 aliphatic heterocycles. The fourth-order valence-electron chi connectivity index (χ4n) is 1.25. The predicted molar refractivity (Wildman–Crippen MR) is 65.2 cm³/mol. The van der Waals surface area contributed by atoms with Gasteiger partial charge in [0, 0.05) is 5.33 Å². The Kier molecular flexibility index (Phi) is 5.45. The first kappa shape index (κ1) is 14.5. The SMILES string of the molecule is COC(=O)Cc1cc(C(F)F)nc(Br)c1CBr. The van der Waals surface area contributed by atoms with Crippen LogP contribution in [0.3, 0.4) is 0 Å². The Bertz CT molecular complexity index is 427. The normalized spacial score (nSPS) is 10.7. The van der Waals surface area contributed by atoms with Crippen molar-refractivity contribution < 1.29 is 18.3 Å². The number of rotatable bonds is 4. The summed E-state index contributed by atoms with van der Waals surface area (Å²) >= 11 is 6.33. The van der Waals surface area contributed by atoms with Gasteiger partial charge in [0.25, 0.3) is 6.43 Å². The molecule has 0 N–H and O–H groups in total. The molecule has 94 valence electrons. The van der Waals surface area contributed by atoms with Crippen LogP contribution in [-0.4, -0.2) is 18.1 Å². The summed E-state index contributed by atoms with van der Waals surface area (Å²) in [5.74, 6) is -0.481. The molecule has 0 fully saturated rings. The number of hydrogen-bond donors (Lipinski definition) is 0. The molecular formula is C10H9Br2F2NO2. The molecule has 0 saturated heterocycles. The summed E-state index contributed by atoms with van der Waals surface area (Å²) in [6.45, 7) is 0. The molecular weight excluding hydrogens is 364 g/mol. The molecule has 0 aliphatic carbocycles. The van der Waals surface area contributed by atoms with Gasteiger partial charge in [-0.1, -0.05) is 15.9 Å². The molecule has 0 spiro atoms. The van der Waals surface area contributed by atoms with Gasteiger partial charge >= 0.3 is 5.97 Å². The molecule has 1 rings (SSSR count). The van der Waals surface area contributed by atoms with E-state index in [2.05, 4.69) is 41.6 Å². The second-order valence-corrected chi connectivity index (χ2v) is 4.47. The molecule has 1 aromatic heterocycles. The van der Waals surface area contributed by atoms with Crippen LogP contribution in [0, 0.1) is 0 Å². The van der Waals surface area contributed by atoms with Crippen LogP contribution in [0.25, 0.3) is 0 Å². The smallest absolute Gasteiger partial charge is 0.309 e. The van der Waals surface area contributed by atoms with Gasteiger partial charge in [0.1, 0.15) is 10.3 Å². The van der Waals surface area contributed by atoms with E-state index in [0.717, 1.165) is 0 Å². The number of halogens is 4. The van der Waals surface area contributed by atoms with Crippen LogP contribution in [0.5, 0.6) is 0 Å². The topological polar surface area (TPSA) is 39.2 Å². The zero-order chi connectivity index (χ0) is 13.0. The quantitative estimate of drug-likeness (QED) is 0.462. The van der Waals surface area contributed by atoms with Gasteiger partial charge in [0.15, 0.2) is 0 Å². The van der Waals surface area contributed by atoms with E-state index < -0.39 is 12.4 Å². The van der Waals surface area contributed by atoms with Gasteiger partial charge in [0.05, 0.1) is 13.5 Å². The standard InChI is InChI=1S/C10H9Br2F2NO2/c1-17-8(16)3-5-2-7(10(13)14)15-9(12)6(5)4-11/h2,10H,3-4H2,1H3. The van der Waals surface area contributed by atoms with Crippen LogP contribution < -0.4 is 0 Å². The van der Waals surface area contributed by atoms with Crippen molar-refractivity contribution in [2.24, 2.45) is 0 Å². The fraction of sp³-hybridized carbons (Fsp3) is 0.400. The van der Waals surface area contributed by atoms with Crippen LogP contribution >= 0.6 is 31.9 Å². The first-order valence-corrected chi connectivity index (χ1v) is 6.50. The van der Waals surface area contributed by atoms with Gasteiger partial charge in [-0.25, -0.2) is 13.8 Å². The predicted octanol–water partition coefficient (Wildman–Crippen LogP) is 3.39. The van der Waals surface area contributed by atoms with Gasteiger partial charge in [0.2, 0.25) is 0 Å². The minimum Gasteiger partial charge on any atom is -0.469 e. The Morgan fingerprint density at radius 3 is 2.71 bits per heavy atom. The molecule has 0 radical (unpaired) electrons. The maximum Gasteiger partial charge on any atom is 0.309 e. The van der Waals surface area contributed by atoms with Gasteiger partial charge in [-0.3, -0.25) is 4.79 Å².